The highest BCUT2D eigenvalue weighted by Gasteiger charge is 2.34. The van der Waals surface area contributed by atoms with Crippen molar-refractivity contribution in [3.63, 3.8) is 0 Å². The Balaban J connectivity index is 1.42. The Hall–Kier alpha value is -3.33. The first-order valence-electron chi connectivity index (χ1n) is 9.75. The van der Waals surface area contributed by atoms with E-state index in [1.54, 1.807) is 6.07 Å². The minimum Gasteiger partial charge on any atom is -0.367 e. The summed E-state index contributed by atoms with van der Waals surface area (Å²) >= 11 is 0. The molecular weight excluding hydrogens is 350 g/mol. The fourth-order valence-corrected chi connectivity index (χ4v) is 3.96. The number of pyridine rings is 1. The highest BCUT2D eigenvalue weighted by molar-refractivity contribution is 5.94. The fraction of sp³-hybridized carbons (Fsp3) is 0.318. The maximum absolute atomic E-state index is 12.3. The number of carbonyl (C=O) groups excluding carboxylic acids is 1. The van der Waals surface area contributed by atoms with Crippen LogP contribution >= 0.6 is 0 Å². The smallest absolute Gasteiger partial charge is 0.225 e. The Morgan fingerprint density at radius 3 is 2.71 bits per heavy atom. The molecule has 0 unspecified atom stereocenters. The van der Waals surface area contributed by atoms with Gasteiger partial charge in [-0.25, -0.2) is 4.98 Å². The molecule has 1 saturated heterocycles. The summed E-state index contributed by atoms with van der Waals surface area (Å²) in [6, 6.07) is 13.9. The van der Waals surface area contributed by atoms with Crippen molar-refractivity contribution in [2.45, 2.75) is 12.8 Å². The van der Waals surface area contributed by atoms with Gasteiger partial charge in [0.25, 0.3) is 0 Å². The number of nitrogens with zero attached hydrogens (tertiary/aromatic N) is 4. The SMILES string of the molecule is N#Cc1cccc(-c2cc3c(N4CCN(C(=O)C5CC5)CC4)ccnc3[nH]2)c1. The minimum atomic E-state index is 0.288. The van der Waals surface area contributed by atoms with Gasteiger partial charge in [-0.3, -0.25) is 4.79 Å². The number of carbonyl (C=O) groups is 1. The molecule has 2 aliphatic rings. The van der Waals surface area contributed by atoms with Crippen molar-refractivity contribution >= 4 is 22.6 Å². The van der Waals surface area contributed by atoms with Crippen LogP contribution in [0.1, 0.15) is 18.4 Å². The van der Waals surface area contributed by atoms with Gasteiger partial charge in [0.05, 0.1) is 11.6 Å². The highest BCUT2D eigenvalue weighted by atomic mass is 16.2. The van der Waals surface area contributed by atoms with Crippen molar-refractivity contribution in [1.82, 2.24) is 14.9 Å². The number of amides is 1. The van der Waals surface area contributed by atoms with Gasteiger partial charge in [0.15, 0.2) is 0 Å². The predicted molar refractivity (Wildman–Crippen MR) is 108 cm³/mol. The second-order valence-corrected chi connectivity index (χ2v) is 7.55. The molecule has 1 N–H and O–H groups in total. The number of H-pyrrole nitrogens is 1. The van der Waals surface area contributed by atoms with Gasteiger partial charge in [0.1, 0.15) is 5.65 Å². The third kappa shape index (κ3) is 2.99. The number of piperazine rings is 1. The van der Waals surface area contributed by atoms with Crippen molar-refractivity contribution < 1.29 is 4.79 Å². The monoisotopic (exact) mass is 371 g/mol. The molecule has 0 bridgehead atoms. The van der Waals surface area contributed by atoms with Crippen LogP contribution in [0.3, 0.4) is 0 Å². The van der Waals surface area contributed by atoms with Crippen LogP contribution in [0, 0.1) is 17.2 Å². The molecule has 1 saturated carbocycles. The van der Waals surface area contributed by atoms with E-state index >= 15 is 0 Å². The topological polar surface area (TPSA) is 76.0 Å². The second kappa shape index (κ2) is 6.68. The van der Waals surface area contributed by atoms with E-state index in [2.05, 4.69) is 27.0 Å². The first-order valence-corrected chi connectivity index (χ1v) is 9.75. The first-order chi connectivity index (χ1) is 13.7. The van der Waals surface area contributed by atoms with Crippen LogP contribution in [-0.2, 0) is 4.79 Å². The summed E-state index contributed by atoms with van der Waals surface area (Å²) in [6.45, 7) is 3.23. The molecule has 5 rings (SSSR count). The predicted octanol–water partition coefficient (Wildman–Crippen LogP) is 3.16. The lowest BCUT2D eigenvalue weighted by Crippen LogP contribution is -2.49. The van der Waals surface area contributed by atoms with E-state index in [-0.39, 0.29) is 5.92 Å². The first kappa shape index (κ1) is 16.8. The van der Waals surface area contributed by atoms with Gasteiger partial charge >= 0.3 is 0 Å². The van der Waals surface area contributed by atoms with E-state index in [1.165, 1.54) is 0 Å². The van der Waals surface area contributed by atoms with Crippen molar-refractivity contribution in [3.05, 3.63) is 48.2 Å². The van der Waals surface area contributed by atoms with Gasteiger partial charge in [-0.2, -0.15) is 5.26 Å². The standard InChI is InChI=1S/C22H21N5O/c23-14-15-2-1-3-17(12-15)19-13-18-20(6-7-24-21(18)25-19)26-8-10-27(11-9-26)22(28)16-4-5-16/h1-3,6-7,12-13,16H,4-5,8-11H2,(H,24,25). The molecule has 3 aromatic rings. The minimum absolute atomic E-state index is 0.288. The van der Waals surface area contributed by atoms with Crippen LogP contribution in [0.25, 0.3) is 22.3 Å². The molecule has 1 amide bonds. The summed E-state index contributed by atoms with van der Waals surface area (Å²) in [5.74, 6) is 0.622. The van der Waals surface area contributed by atoms with Crippen LogP contribution in [0.2, 0.25) is 0 Å². The number of rotatable bonds is 3. The van der Waals surface area contributed by atoms with Crippen LogP contribution in [0.5, 0.6) is 0 Å². The number of anilines is 1. The van der Waals surface area contributed by atoms with E-state index < -0.39 is 0 Å². The lowest BCUT2D eigenvalue weighted by molar-refractivity contribution is -0.132. The third-order valence-corrected chi connectivity index (χ3v) is 5.67. The van der Waals surface area contributed by atoms with Gasteiger partial charge < -0.3 is 14.8 Å². The summed E-state index contributed by atoms with van der Waals surface area (Å²) in [5, 5.41) is 10.2. The number of nitriles is 1. The Kier molecular flexibility index (Phi) is 4.01. The van der Waals surface area contributed by atoms with E-state index in [1.807, 2.05) is 35.4 Å². The van der Waals surface area contributed by atoms with E-state index in [9.17, 15) is 4.79 Å². The molecule has 2 fully saturated rings. The Bertz CT molecular complexity index is 1080. The average Bonchev–Trinajstić information content (AvgIpc) is 3.51. The molecule has 2 aromatic heterocycles. The number of hydrogen-bond acceptors (Lipinski definition) is 4. The van der Waals surface area contributed by atoms with Crippen LogP contribution in [0.15, 0.2) is 42.6 Å². The third-order valence-electron chi connectivity index (χ3n) is 5.67. The summed E-state index contributed by atoms with van der Waals surface area (Å²) in [5.41, 5.74) is 4.55. The molecule has 1 aliphatic heterocycles. The molecule has 6 nitrogen and oxygen atoms in total. The molecule has 140 valence electrons. The van der Waals surface area contributed by atoms with Crippen molar-refractivity contribution in [2.24, 2.45) is 5.92 Å². The normalized spacial score (nSPS) is 17.0. The molecular formula is C22H21N5O. The fourth-order valence-electron chi connectivity index (χ4n) is 3.96. The largest absolute Gasteiger partial charge is 0.367 e. The zero-order valence-corrected chi connectivity index (χ0v) is 15.6. The molecule has 0 atom stereocenters. The van der Waals surface area contributed by atoms with Crippen LogP contribution in [0.4, 0.5) is 5.69 Å². The molecule has 3 heterocycles. The Labute approximate surface area is 163 Å². The van der Waals surface area contributed by atoms with Crippen molar-refractivity contribution in [2.75, 3.05) is 31.1 Å². The second-order valence-electron chi connectivity index (χ2n) is 7.55. The molecule has 6 heteroatoms. The zero-order valence-electron chi connectivity index (χ0n) is 15.6. The highest BCUT2D eigenvalue weighted by Crippen LogP contribution is 2.33. The maximum Gasteiger partial charge on any atom is 0.225 e. The van der Waals surface area contributed by atoms with Gasteiger partial charge in [-0.15, -0.1) is 0 Å². The number of aromatic amines is 1. The molecule has 0 spiro atoms. The molecule has 28 heavy (non-hydrogen) atoms. The van der Waals surface area contributed by atoms with Gasteiger partial charge in [0, 0.05) is 55.1 Å². The Morgan fingerprint density at radius 2 is 1.96 bits per heavy atom. The quantitative estimate of drug-likeness (QED) is 0.767. The Morgan fingerprint density at radius 1 is 1.14 bits per heavy atom. The summed E-state index contributed by atoms with van der Waals surface area (Å²) < 4.78 is 0. The maximum atomic E-state index is 12.3. The zero-order chi connectivity index (χ0) is 19.1. The van der Waals surface area contributed by atoms with Crippen molar-refractivity contribution in [3.8, 4) is 17.3 Å². The number of hydrogen-bond donors (Lipinski definition) is 1. The van der Waals surface area contributed by atoms with Gasteiger partial charge in [-0.1, -0.05) is 12.1 Å². The number of nitrogens with one attached hydrogen (secondary N) is 1. The van der Waals surface area contributed by atoms with Crippen LogP contribution in [-0.4, -0.2) is 47.0 Å². The number of fused-ring (bicyclic) bond motifs is 1. The van der Waals surface area contributed by atoms with Crippen molar-refractivity contribution in [1.29, 1.82) is 5.26 Å². The lowest BCUT2D eigenvalue weighted by atomic mass is 10.1. The number of aromatic nitrogens is 2. The summed E-state index contributed by atoms with van der Waals surface area (Å²) in [6.07, 6.45) is 3.94. The molecule has 1 aromatic carbocycles. The van der Waals surface area contributed by atoms with Gasteiger partial charge in [-0.05, 0) is 42.7 Å². The van der Waals surface area contributed by atoms with Crippen LogP contribution < -0.4 is 4.90 Å². The summed E-state index contributed by atoms with van der Waals surface area (Å²) in [4.78, 5) is 24.5. The molecule has 1 aliphatic carbocycles. The lowest BCUT2D eigenvalue weighted by Gasteiger charge is -2.36. The molecule has 0 radical (unpaired) electrons. The average molecular weight is 371 g/mol. The van der Waals surface area contributed by atoms with E-state index in [0.717, 1.165) is 67.0 Å². The van der Waals surface area contributed by atoms with Gasteiger partial charge in [0.2, 0.25) is 5.91 Å². The van der Waals surface area contributed by atoms with E-state index in [4.69, 9.17) is 5.26 Å². The van der Waals surface area contributed by atoms with E-state index in [0.29, 0.717) is 11.5 Å². The number of benzene rings is 1. The summed E-state index contributed by atoms with van der Waals surface area (Å²) in [7, 11) is 0.